The Bertz CT molecular complexity index is 411. The number of carboxylic acids is 1. The van der Waals surface area contributed by atoms with Gasteiger partial charge in [-0.1, -0.05) is 12.8 Å². The molecular formula is C13H20N2O2S. The highest BCUT2D eigenvalue weighted by Gasteiger charge is 2.37. The molecule has 1 aromatic heterocycles. The minimum atomic E-state index is -0.720. The van der Waals surface area contributed by atoms with Crippen molar-refractivity contribution < 1.29 is 9.90 Å². The second-order valence-corrected chi connectivity index (χ2v) is 5.87. The maximum Gasteiger partial charge on any atom is 0.303 e. The van der Waals surface area contributed by atoms with Crippen molar-refractivity contribution in [1.82, 2.24) is 10.3 Å². The maximum absolute atomic E-state index is 10.5. The molecule has 0 amide bonds. The molecule has 18 heavy (non-hydrogen) atoms. The fourth-order valence-electron chi connectivity index (χ4n) is 2.59. The number of hydrogen-bond acceptors (Lipinski definition) is 4. The molecule has 0 aromatic carbocycles. The second-order valence-electron chi connectivity index (χ2n) is 5.01. The number of aliphatic carboxylic acids is 1. The van der Waals surface area contributed by atoms with Gasteiger partial charge in [-0.25, -0.2) is 4.98 Å². The zero-order valence-corrected chi connectivity index (χ0v) is 11.6. The minimum absolute atomic E-state index is 0.0113. The third kappa shape index (κ3) is 3.09. The van der Waals surface area contributed by atoms with Crippen molar-refractivity contribution in [2.45, 2.75) is 51.0 Å². The monoisotopic (exact) mass is 268 g/mol. The first kappa shape index (κ1) is 13.5. The van der Waals surface area contributed by atoms with E-state index in [0.29, 0.717) is 6.42 Å². The summed E-state index contributed by atoms with van der Waals surface area (Å²) in [6, 6.07) is 0. The normalized spacial score (nSPS) is 18.1. The Hall–Kier alpha value is -0.940. The van der Waals surface area contributed by atoms with Gasteiger partial charge in [-0.2, -0.15) is 0 Å². The minimum Gasteiger partial charge on any atom is -0.481 e. The second kappa shape index (κ2) is 5.80. The first-order valence-corrected chi connectivity index (χ1v) is 7.40. The van der Waals surface area contributed by atoms with Crippen LogP contribution in [0, 0.1) is 6.92 Å². The first-order chi connectivity index (χ1) is 8.62. The van der Waals surface area contributed by atoms with Crippen molar-refractivity contribution in [3.8, 4) is 0 Å². The predicted molar refractivity (Wildman–Crippen MR) is 71.9 cm³/mol. The Morgan fingerprint density at radius 3 is 2.83 bits per heavy atom. The molecule has 100 valence electrons. The number of thiazole rings is 1. The number of aromatic nitrogens is 1. The number of nitrogens with one attached hydrogen (secondary N) is 1. The van der Waals surface area contributed by atoms with Crippen LogP contribution in [0.15, 0.2) is 5.38 Å². The molecule has 2 rings (SSSR count). The summed E-state index contributed by atoms with van der Waals surface area (Å²) in [5.74, 6) is -0.720. The smallest absolute Gasteiger partial charge is 0.303 e. The molecule has 0 unspecified atom stereocenters. The molecule has 1 saturated carbocycles. The van der Waals surface area contributed by atoms with Crippen LogP contribution in [0.3, 0.4) is 0 Å². The molecule has 1 fully saturated rings. The quantitative estimate of drug-likeness (QED) is 0.779. The number of nitrogens with zero attached hydrogens (tertiary/aromatic N) is 1. The fourth-order valence-corrected chi connectivity index (χ4v) is 3.62. The van der Waals surface area contributed by atoms with Gasteiger partial charge < -0.3 is 10.4 Å². The summed E-state index contributed by atoms with van der Waals surface area (Å²) in [6.45, 7) is 2.78. The van der Waals surface area contributed by atoms with Gasteiger partial charge in [-0.3, -0.25) is 4.79 Å². The van der Waals surface area contributed by atoms with E-state index >= 15 is 0 Å². The standard InChI is InChI=1S/C13H20N2O2S/c1-10-9-18-12(15-10)13(6-2-3-7-13)14-8-4-5-11(16)17/h9,14H,2-8H2,1H3,(H,16,17). The molecule has 0 saturated heterocycles. The van der Waals surface area contributed by atoms with Gasteiger partial charge >= 0.3 is 5.97 Å². The Labute approximate surface area is 111 Å². The first-order valence-electron chi connectivity index (χ1n) is 6.52. The molecule has 0 radical (unpaired) electrons. The summed E-state index contributed by atoms with van der Waals surface area (Å²) in [7, 11) is 0. The summed E-state index contributed by atoms with van der Waals surface area (Å²) in [5, 5.41) is 15.5. The zero-order chi connectivity index (χ0) is 13.0. The topological polar surface area (TPSA) is 62.2 Å². The van der Waals surface area contributed by atoms with Gasteiger partial charge in [0, 0.05) is 17.5 Å². The highest BCUT2D eigenvalue weighted by Crippen LogP contribution is 2.40. The van der Waals surface area contributed by atoms with Crippen molar-refractivity contribution in [1.29, 1.82) is 0 Å². The molecule has 1 aromatic rings. The number of aryl methyl sites for hydroxylation is 1. The lowest BCUT2D eigenvalue weighted by Gasteiger charge is -2.28. The van der Waals surface area contributed by atoms with Crippen LogP contribution in [0.4, 0.5) is 0 Å². The highest BCUT2D eigenvalue weighted by atomic mass is 32.1. The van der Waals surface area contributed by atoms with Crippen LogP contribution in [-0.4, -0.2) is 22.6 Å². The number of rotatable bonds is 6. The van der Waals surface area contributed by atoms with Crippen molar-refractivity contribution in [3.05, 3.63) is 16.1 Å². The van der Waals surface area contributed by atoms with Gasteiger partial charge in [0.25, 0.3) is 0 Å². The van der Waals surface area contributed by atoms with Gasteiger partial charge in [0.05, 0.1) is 5.54 Å². The molecule has 1 heterocycles. The third-order valence-corrected chi connectivity index (χ3v) is 4.68. The molecular weight excluding hydrogens is 248 g/mol. The van der Waals surface area contributed by atoms with Crippen LogP contribution < -0.4 is 5.32 Å². The predicted octanol–water partition coefficient (Wildman–Crippen LogP) is 2.68. The van der Waals surface area contributed by atoms with Crippen LogP contribution in [0.2, 0.25) is 0 Å². The van der Waals surface area contributed by atoms with Crippen molar-refractivity contribution >= 4 is 17.3 Å². The van der Waals surface area contributed by atoms with Crippen LogP contribution in [-0.2, 0) is 10.3 Å². The van der Waals surface area contributed by atoms with E-state index < -0.39 is 5.97 Å². The molecule has 0 atom stereocenters. The molecule has 1 aliphatic carbocycles. The molecule has 5 heteroatoms. The van der Waals surface area contributed by atoms with Gasteiger partial charge in [0.15, 0.2) is 0 Å². The largest absolute Gasteiger partial charge is 0.481 e. The average Bonchev–Trinajstić information content (AvgIpc) is 2.94. The molecule has 1 aliphatic rings. The Kier molecular flexibility index (Phi) is 4.35. The lowest BCUT2D eigenvalue weighted by molar-refractivity contribution is -0.137. The van der Waals surface area contributed by atoms with Gasteiger partial charge in [-0.05, 0) is 32.7 Å². The van der Waals surface area contributed by atoms with E-state index in [1.165, 1.54) is 17.8 Å². The van der Waals surface area contributed by atoms with Crippen LogP contribution in [0.1, 0.15) is 49.2 Å². The number of carboxylic acid groups (broad SMARTS) is 1. The van der Waals surface area contributed by atoms with E-state index in [0.717, 1.165) is 25.1 Å². The number of carbonyl (C=O) groups is 1. The molecule has 2 N–H and O–H groups in total. The Balaban J connectivity index is 1.97. The molecule has 4 nitrogen and oxygen atoms in total. The third-order valence-electron chi connectivity index (χ3n) is 3.52. The number of hydrogen-bond donors (Lipinski definition) is 2. The summed E-state index contributed by atoms with van der Waals surface area (Å²) < 4.78 is 0. The molecule has 0 bridgehead atoms. The van der Waals surface area contributed by atoms with Crippen molar-refractivity contribution in [2.24, 2.45) is 0 Å². The van der Waals surface area contributed by atoms with Crippen molar-refractivity contribution in [2.75, 3.05) is 6.54 Å². The van der Waals surface area contributed by atoms with Crippen LogP contribution >= 0.6 is 11.3 Å². The Morgan fingerprint density at radius 1 is 1.56 bits per heavy atom. The maximum atomic E-state index is 10.5. The van der Waals surface area contributed by atoms with E-state index in [9.17, 15) is 4.79 Å². The highest BCUT2D eigenvalue weighted by molar-refractivity contribution is 7.09. The van der Waals surface area contributed by atoms with Crippen LogP contribution in [0.5, 0.6) is 0 Å². The molecule has 0 spiro atoms. The van der Waals surface area contributed by atoms with Crippen LogP contribution in [0.25, 0.3) is 0 Å². The van der Waals surface area contributed by atoms with E-state index in [1.807, 2.05) is 6.92 Å². The summed E-state index contributed by atoms with van der Waals surface area (Å²) in [5.41, 5.74) is 1.09. The lowest BCUT2D eigenvalue weighted by atomic mass is 9.98. The van der Waals surface area contributed by atoms with E-state index in [1.54, 1.807) is 11.3 Å². The zero-order valence-electron chi connectivity index (χ0n) is 10.7. The SMILES string of the molecule is Cc1csc(C2(NCCCC(=O)O)CCCC2)n1. The van der Waals surface area contributed by atoms with Gasteiger partial charge in [0.1, 0.15) is 5.01 Å². The lowest BCUT2D eigenvalue weighted by Crippen LogP contribution is -2.40. The average molecular weight is 268 g/mol. The Morgan fingerprint density at radius 2 is 2.28 bits per heavy atom. The van der Waals surface area contributed by atoms with Gasteiger partial charge in [-0.15, -0.1) is 11.3 Å². The van der Waals surface area contributed by atoms with E-state index in [2.05, 4.69) is 15.7 Å². The molecule has 0 aliphatic heterocycles. The summed E-state index contributed by atoms with van der Waals surface area (Å²) in [6.07, 6.45) is 5.61. The van der Waals surface area contributed by atoms with E-state index in [-0.39, 0.29) is 12.0 Å². The van der Waals surface area contributed by atoms with Gasteiger partial charge in [0.2, 0.25) is 0 Å². The summed E-state index contributed by atoms with van der Waals surface area (Å²) >= 11 is 1.72. The fraction of sp³-hybridized carbons (Fsp3) is 0.692. The van der Waals surface area contributed by atoms with Crippen molar-refractivity contribution in [3.63, 3.8) is 0 Å². The summed E-state index contributed by atoms with van der Waals surface area (Å²) in [4.78, 5) is 15.1. The van der Waals surface area contributed by atoms with E-state index in [4.69, 9.17) is 5.11 Å².